The fourth-order valence-electron chi connectivity index (χ4n) is 4.21. The minimum absolute atomic E-state index is 0.288. The third-order valence-electron chi connectivity index (χ3n) is 6.24. The van der Waals surface area contributed by atoms with Gasteiger partial charge in [-0.25, -0.2) is 0 Å². The van der Waals surface area contributed by atoms with E-state index in [4.69, 9.17) is 0 Å². The minimum Gasteiger partial charge on any atom is -0.375 e. The van der Waals surface area contributed by atoms with E-state index in [0.29, 0.717) is 29.3 Å². The molecule has 0 spiro atoms. The average molecular weight is 571 g/mol. The number of hydrogen-bond acceptors (Lipinski definition) is 3. The topological polar surface area (TPSA) is 57.6 Å². The molecule has 0 saturated heterocycles. The molecule has 0 aromatic heterocycles. The SMILES string of the molecule is Cc1ccc(C(C)C)cc1CN1C(=O)[C@](O)(CC(=O)c2ccc(Br)cc2)c2cc(Br)ccc21. The number of ketones is 1. The van der Waals surface area contributed by atoms with Gasteiger partial charge in [-0.05, 0) is 59.9 Å². The Kier molecular flexibility index (Phi) is 6.63. The van der Waals surface area contributed by atoms with Gasteiger partial charge in [0.05, 0.1) is 18.7 Å². The zero-order valence-electron chi connectivity index (χ0n) is 18.7. The first-order valence-corrected chi connectivity index (χ1v) is 12.4. The number of hydrogen-bond donors (Lipinski definition) is 1. The van der Waals surface area contributed by atoms with Crippen molar-refractivity contribution in [1.29, 1.82) is 0 Å². The molecule has 0 unspecified atom stereocenters. The highest BCUT2D eigenvalue weighted by Gasteiger charge is 2.51. The Balaban J connectivity index is 1.72. The van der Waals surface area contributed by atoms with Gasteiger partial charge in [0.25, 0.3) is 5.91 Å². The molecular formula is C27H25Br2NO3. The fraction of sp³-hybridized carbons (Fsp3) is 0.259. The Bertz CT molecular complexity index is 1240. The molecule has 0 fully saturated rings. The van der Waals surface area contributed by atoms with E-state index in [9.17, 15) is 14.7 Å². The van der Waals surface area contributed by atoms with Gasteiger partial charge in [0, 0.05) is 20.1 Å². The largest absolute Gasteiger partial charge is 0.375 e. The molecule has 1 aliphatic rings. The number of fused-ring (bicyclic) bond motifs is 1. The molecule has 0 radical (unpaired) electrons. The zero-order chi connectivity index (χ0) is 23.9. The Morgan fingerprint density at radius 1 is 1.00 bits per heavy atom. The van der Waals surface area contributed by atoms with Crippen LogP contribution in [0.3, 0.4) is 0 Å². The maximum atomic E-state index is 13.7. The van der Waals surface area contributed by atoms with Crippen LogP contribution in [0.1, 0.15) is 58.8 Å². The third-order valence-corrected chi connectivity index (χ3v) is 7.27. The standard InChI is InChI=1S/C27H25Br2NO3/c1-16(2)19-5-4-17(3)20(12-19)15-30-24-11-10-22(29)13-23(24)27(33,26(30)32)14-25(31)18-6-8-21(28)9-7-18/h4-13,16,33H,14-15H2,1-3H3/t27-/m0/s1. The summed E-state index contributed by atoms with van der Waals surface area (Å²) in [5.41, 5.74) is 2.90. The zero-order valence-corrected chi connectivity index (χ0v) is 21.9. The molecule has 1 heterocycles. The predicted octanol–water partition coefficient (Wildman–Crippen LogP) is 6.65. The molecule has 3 aromatic rings. The van der Waals surface area contributed by atoms with Crippen LogP contribution in [0.4, 0.5) is 5.69 Å². The van der Waals surface area contributed by atoms with Crippen molar-refractivity contribution in [2.24, 2.45) is 0 Å². The van der Waals surface area contributed by atoms with Gasteiger partial charge >= 0.3 is 0 Å². The lowest BCUT2D eigenvalue weighted by Crippen LogP contribution is -2.41. The van der Waals surface area contributed by atoms with Crippen molar-refractivity contribution in [3.63, 3.8) is 0 Å². The van der Waals surface area contributed by atoms with Crippen molar-refractivity contribution < 1.29 is 14.7 Å². The maximum Gasteiger partial charge on any atom is 0.264 e. The van der Waals surface area contributed by atoms with Gasteiger partial charge in [0.1, 0.15) is 0 Å². The third kappa shape index (κ3) is 4.57. The molecule has 1 atom stereocenters. The van der Waals surface area contributed by atoms with Crippen molar-refractivity contribution in [2.75, 3.05) is 4.90 Å². The van der Waals surface area contributed by atoms with Crippen molar-refractivity contribution in [3.8, 4) is 0 Å². The molecule has 0 saturated carbocycles. The highest BCUT2D eigenvalue weighted by atomic mass is 79.9. The van der Waals surface area contributed by atoms with Crippen LogP contribution in [0.2, 0.25) is 0 Å². The summed E-state index contributed by atoms with van der Waals surface area (Å²) in [6.07, 6.45) is -0.321. The monoisotopic (exact) mass is 569 g/mol. The summed E-state index contributed by atoms with van der Waals surface area (Å²) in [7, 11) is 0. The van der Waals surface area contributed by atoms with Crippen molar-refractivity contribution in [1.82, 2.24) is 0 Å². The second-order valence-corrected chi connectivity index (χ2v) is 10.7. The van der Waals surface area contributed by atoms with Crippen LogP contribution in [0.15, 0.2) is 69.6 Å². The van der Waals surface area contributed by atoms with E-state index in [1.54, 1.807) is 35.2 Å². The molecule has 0 bridgehead atoms. The molecule has 4 rings (SSSR count). The second kappa shape index (κ2) is 9.16. The van der Waals surface area contributed by atoms with E-state index in [-0.39, 0.29) is 12.2 Å². The van der Waals surface area contributed by atoms with E-state index in [1.165, 1.54) is 5.56 Å². The first kappa shape index (κ1) is 23.9. The molecular weight excluding hydrogens is 546 g/mol. The van der Waals surface area contributed by atoms with Crippen LogP contribution in [0, 0.1) is 6.92 Å². The number of halogens is 2. The van der Waals surface area contributed by atoms with Crippen LogP contribution < -0.4 is 4.90 Å². The number of carbonyl (C=O) groups is 2. The lowest BCUT2D eigenvalue weighted by molar-refractivity contribution is -0.136. The number of aliphatic hydroxyl groups is 1. The van der Waals surface area contributed by atoms with Gasteiger partial charge < -0.3 is 10.0 Å². The first-order valence-electron chi connectivity index (χ1n) is 10.8. The number of rotatable bonds is 6. The number of Topliss-reactive ketones (excluding diaryl/α,β-unsaturated/α-hetero) is 1. The Hall–Kier alpha value is -2.28. The molecule has 1 amide bonds. The lowest BCUT2D eigenvalue weighted by atomic mass is 9.88. The number of benzene rings is 3. The van der Waals surface area contributed by atoms with E-state index >= 15 is 0 Å². The fourth-order valence-corrected chi connectivity index (χ4v) is 4.84. The summed E-state index contributed by atoms with van der Waals surface area (Å²) in [5.74, 6) is -0.401. The second-order valence-electron chi connectivity index (χ2n) is 8.86. The smallest absolute Gasteiger partial charge is 0.264 e. The lowest BCUT2D eigenvalue weighted by Gasteiger charge is -2.24. The van der Waals surface area contributed by atoms with E-state index in [1.807, 2.05) is 19.1 Å². The highest BCUT2D eigenvalue weighted by Crippen LogP contribution is 2.45. The van der Waals surface area contributed by atoms with E-state index in [2.05, 4.69) is 63.9 Å². The summed E-state index contributed by atoms with van der Waals surface area (Å²) < 4.78 is 1.59. The molecule has 4 nitrogen and oxygen atoms in total. The predicted molar refractivity (Wildman–Crippen MR) is 138 cm³/mol. The first-order chi connectivity index (χ1) is 15.6. The molecule has 0 aliphatic carbocycles. The van der Waals surface area contributed by atoms with Crippen LogP contribution in [0.25, 0.3) is 0 Å². The molecule has 33 heavy (non-hydrogen) atoms. The normalized spacial score (nSPS) is 17.5. The minimum atomic E-state index is -1.92. The van der Waals surface area contributed by atoms with Gasteiger partial charge in [0.2, 0.25) is 0 Å². The number of carbonyl (C=O) groups excluding carboxylic acids is 2. The van der Waals surface area contributed by atoms with Gasteiger partial charge in [-0.2, -0.15) is 0 Å². The molecule has 170 valence electrons. The summed E-state index contributed by atoms with van der Waals surface area (Å²) >= 11 is 6.81. The average Bonchev–Trinajstić information content (AvgIpc) is 2.96. The van der Waals surface area contributed by atoms with Gasteiger partial charge in [-0.15, -0.1) is 0 Å². The Morgan fingerprint density at radius 3 is 2.33 bits per heavy atom. The van der Waals surface area contributed by atoms with Gasteiger partial charge in [-0.3, -0.25) is 9.59 Å². The Labute approximate surface area is 210 Å². The van der Waals surface area contributed by atoms with Crippen molar-refractivity contribution in [2.45, 2.75) is 45.3 Å². The summed E-state index contributed by atoms with van der Waals surface area (Å²) in [5, 5.41) is 11.6. The van der Waals surface area contributed by atoms with Gasteiger partial charge in [-0.1, -0.05) is 76.0 Å². The van der Waals surface area contributed by atoms with Gasteiger partial charge in [0.15, 0.2) is 11.4 Å². The Morgan fingerprint density at radius 2 is 1.67 bits per heavy atom. The number of amides is 1. The maximum absolute atomic E-state index is 13.7. The van der Waals surface area contributed by atoms with Crippen LogP contribution in [0.5, 0.6) is 0 Å². The number of aryl methyl sites for hydroxylation is 1. The summed E-state index contributed by atoms with van der Waals surface area (Å²) in [6, 6.07) is 18.6. The molecule has 1 N–H and O–H groups in total. The quantitative estimate of drug-likeness (QED) is 0.337. The highest BCUT2D eigenvalue weighted by molar-refractivity contribution is 9.10. The number of anilines is 1. The van der Waals surface area contributed by atoms with Crippen molar-refractivity contribution >= 4 is 49.2 Å². The molecule has 6 heteroatoms. The van der Waals surface area contributed by atoms with E-state index in [0.717, 1.165) is 20.1 Å². The van der Waals surface area contributed by atoms with E-state index < -0.39 is 11.5 Å². The molecule has 3 aromatic carbocycles. The molecule has 1 aliphatic heterocycles. The van der Waals surface area contributed by atoms with Crippen LogP contribution in [-0.2, 0) is 16.9 Å². The number of nitrogens with zero attached hydrogens (tertiary/aromatic N) is 1. The van der Waals surface area contributed by atoms with Crippen LogP contribution >= 0.6 is 31.9 Å². The van der Waals surface area contributed by atoms with Crippen molar-refractivity contribution in [3.05, 3.63) is 97.4 Å². The summed E-state index contributed by atoms with van der Waals surface area (Å²) in [4.78, 5) is 28.3. The summed E-state index contributed by atoms with van der Waals surface area (Å²) in [6.45, 7) is 6.61. The van der Waals surface area contributed by atoms with Crippen LogP contribution in [-0.4, -0.2) is 16.8 Å².